The SMILES string of the molecule is O=C(O)C1CCN(C(=O)C=Cc2ccccc2)C1. The maximum atomic E-state index is 11.8. The molecule has 1 aliphatic rings. The van der Waals surface area contributed by atoms with E-state index in [9.17, 15) is 9.59 Å². The lowest BCUT2D eigenvalue weighted by Crippen LogP contribution is -2.28. The molecule has 1 saturated heterocycles. The molecule has 94 valence electrons. The summed E-state index contributed by atoms with van der Waals surface area (Å²) in [5, 5.41) is 8.86. The second-order valence-corrected chi connectivity index (χ2v) is 4.35. The average molecular weight is 245 g/mol. The standard InChI is InChI=1S/C14H15NO3/c16-13(7-6-11-4-2-1-3-5-11)15-9-8-12(10-15)14(17)18/h1-7,12H,8-10H2,(H,17,18). The van der Waals surface area contributed by atoms with E-state index in [0.29, 0.717) is 19.5 Å². The van der Waals surface area contributed by atoms with Crippen molar-refractivity contribution in [1.29, 1.82) is 0 Å². The van der Waals surface area contributed by atoms with Crippen molar-refractivity contribution in [2.45, 2.75) is 6.42 Å². The number of amides is 1. The Bertz CT molecular complexity index is 467. The lowest BCUT2D eigenvalue weighted by atomic mass is 10.1. The van der Waals surface area contributed by atoms with E-state index in [4.69, 9.17) is 5.11 Å². The van der Waals surface area contributed by atoms with Gasteiger partial charge in [0.25, 0.3) is 0 Å². The average Bonchev–Trinajstić information content (AvgIpc) is 2.87. The van der Waals surface area contributed by atoms with Gasteiger partial charge in [0.15, 0.2) is 0 Å². The summed E-state index contributed by atoms with van der Waals surface area (Å²) < 4.78 is 0. The molecule has 0 bridgehead atoms. The summed E-state index contributed by atoms with van der Waals surface area (Å²) >= 11 is 0. The molecule has 1 atom stereocenters. The predicted molar refractivity (Wildman–Crippen MR) is 67.8 cm³/mol. The van der Waals surface area contributed by atoms with Crippen molar-refractivity contribution < 1.29 is 14.7 Å². The first-order valence-electron chi connectivity index (χ1n) is 5.91. The summed E-state index contributed by atoms with van der Waals surface area (Å²) in [6.45, 7) is 0.836. The molecule has 1 unspecified atom stereocenters. The van der Waals surface area contributed by atoms with E-state index >= 15 is 0 Å². The second kappa shape index (κ2) is 5.49. The Morgan fingerprint density at radius 1 is 1.28 bits per heavy atom. The summed E-state index contributed by atoms with van der Waals surface area (Å²) in [7, 11) is 0. The molecule has 4 nitrogen and oxygen atoms in total. The fraction of sp³-hybridized carbons (Fsp3) is 0.286. The molecule has 1 N–H and O–H groups in total. The first kappa shape index (κ1) is 12.4. The van der Waals surface area contributed by atoms with Crippen LogP contribution >= 0.6 is 0 Å². The maximum Gasteiger partial charge on any atom is 0.308 e. The molecule has 1 aromatic rings. The minimum atomic E-state index is -0.822. The Balaban J connectivity index is 1.93. The summed E-state index contributed by atoms with van der Waals surface area (Å²) in [5.74, 6) is -1.36. The molecule has 1 fully saturated rings. The van der Waals surface area contributed by atoms with Gasteiger partial charge in [0.2, 0.25) is 5.91 Å². The van der Waals surface area contributed by atoms with E-state index in [1.165, 1.54) is 6.08 Å². The molecule has 1 aromatic carbocycles. The van der Waals surface area contributed by atoms with Crippen molar-refractivity contribution in [3.63, 3.8) is 0 Å². The Hall–Kier alpha value is -2.10. The molecule has 0 aliphatic carbocycles. The van der Waals surface area contributed by atoms with Crippen LogP contribution in [0.25, 0.3) is 6.08 Å². The van der Waals surface area contributed by atoms with Crippen LogP contribution in [-0.2, 0) is 9.59 Å². The van der Waals surface area contributed by atoms with Crippen molar-refractivity contribution in [1.82, 2.24) is 4.90 Å². The number of carboxylic acid groups (broad SMARTS) is 1. The molecule has 4 heteroatoms. The third-order valence-corrected chi connectivity index (χ3v) is 3.07. The summed E-state index contributed by atoms with van der Waals surface area (Å²) in [5.41, 5.74) is 0.958. The monoisotopic (exact) mass is 245 g/mol. The molecular formula is C14H15NO3. The highest BCUT2D eigenvalue weighted by Gasteiger charge is 2.29. The van der Waals surface area contributed by atoms with Crippen LogP contribution in [0, 0.1) is 5.92 Å². The van der Waals surface area contributed by atoms with E-state index in [1.807, 2.05) is 30.3 Å². The normalized spacial score (nSPS) is 19.3. The number of carbonyl (C=O) groups is 2. The summed E-state index contributed by atoms with van der Waals surface area (Å²) in [6, 6.07) is 9.54. The molecule has 1 heterocycles. The number of aliphatic carboxylic acids is 1. The predicted octanol–water partition coefficient (Wildman–Crippen LogP) is 1.63. The van der Waals surface area contributed by atoms with Gasteiger partial charge in [0.05, 0.1) is 5.92 Å². The number of carbonyl (C=O) groups excluding carboxylic acids is 1. The van der Waals surface area contributed by atoms with Gasteiger partial charge in [-0.1, -0.05) is 30.3 Å². The van der Waals surface area contributed by atoms with E-state index in [-0.39, 0.29) is 5.91 Å². The van der Waals surface area contributed by atoms with E-state index in [0.717, 1.165) is 5.56 Å². The van der Waals surface area contributed by atoms with Crippen LogP contribution in [0.4, 0.5) is 0 Å². The summed E-state index contributed by atoms with van der Waals surface area (Å²) in [4.78, 5) is 24.2. The lowest BCUT2D eigenvalue weighted by molar-refractivity contribution is -0.141. The van der Waals surface area contributed by atoms with Crippen LogP contribution in [0.3, 0.4) is 0 Å². The molecule has 0 saturated carbocycles. The van der Waals surface area contributed by atoms with Gasteiger partial charge in [-0.2, -0.15) is 0 Å². The van der Waals surface area contributed by atoms with Crippen molar-refractivity contribution in [2.24, 2.45) is 5.92 Å². The molecule has 18 heavy (non-hydrogen) atoms. The Labute approximate surface area is 106 Å². The highest BCUT2D eigenvalue weighted by molar-refractivity contribution is 5.92. The number of likely N-dealkylation sites (tertiary alicyclic amines) is 1. The smallest absolute Gasteiger partial charge is 0.308 e. The third kappa shape index (κ3) is 2.97. The van der Waals surface area contributed by atoms with Crippen LogP contribution in [0.1, 0.15) is 12.0 Å². The van der Waals surface area contributed by atoms with Crippen LogP contribution in [0.15, 0.2) is 36.4 Å². The fourth-order valence-corrected chi connectivity index (χ4v) is 2.00. The van der Waals surface area contributed by atoms with Gasteiger partial charge in [-0.05, 0) is 18.1 Å². The first-order valence-corrected chi connectivity index (χ1v) is 5.91. The van der Waals surface area contributed by atoms with Crippen LogP contribution in [0.2, 0.25) is 0 Å². The molecule has 0 radical (unpaired) electrons. The number of nitrogens with zero attached hydrogens (tertiary/aromatic N) is 1. The van der Waals surface area contributed by atoms with Crippen LogP contribution in [0.5, 0.6) is 0 Å². The topological polar surface area (TPSA) is 57.6 Å². The minimum Gasteiger partial charge on any atom is -0.481 e. The zero-order chi connectivity index (χ0) is 13.0. The van der Waals surface area contributed by atoms with Crippen molar-refractivity contribution in [3.05, 3.63) is 42.0 Å². The van der Waals surface area contributed by atoms with Gasteiger partial charge in [0.1, 0.15) is 0 Å². The highest BCUT2D eigenvalue weighted by atomic mass is 16.4. The van der Waals surface area contributed by atoms with E-state index in [1.54, 1.807) is 11.0 Å². The second-order valence-electron chi connectivity index (χ2n) is 4.35. The number of rotatable bonds is 3. The van der Waals surface area contributed by atoms with Crippen molar-refractivity contribution in [2.75, 3.05) is 13.1 Å². The zero-order valence-corrected chi connectivity index (χ0v) is 9.95. The minimum absolute atomic E-state index is 0.123. The van der Waals surface area contributed by atoms with Crippen LogP contribution in [-0.4, -0.2) is 35.0 Å². The molecule has 1 amide bonds. The molecule has 0 spiro atoms. The number of hydrogen-bond donors (Lipinski definition) is 1. The molecule has 2 rings (SSSR count). The first-order chi connectivity index (χ1) is 8.66. The van der Waals surface area contributed by atoms with Gasteiger partial charge in [-0.25, -0.2) is 0 Å². The molecular weight excluding hydrogens is 230 g/mol. The van der Waals surface area contributed by atoms with E-state index < -0.39 is 11.9 Å². The number of carboxylic acids is 1. The van der Waals surface area contributed by atoms with Crippen LogP contribution < -0.4 is 0 Å². The third-order valence-electron chi connectivity index (χ3n) is 3.07. The van der Waals surface area contributed by atoms with Gasteiger partial charge in [-0.15, -0.1) is 0 Å². The fourth-order valence-electron chi connectivity index (χ4n) is 2.00. The maximum absolute atomic E-state index is 11.8. The van der Waals surface area contributed by atoms with Gasteiger partial charge in [-0.3, -0.25) is 9.59 Å². The lowest BCUT2D eigenvalue weighted by Gasteiger charge is -2.12. The summed E-state index contributed by atoms with van der Waals surface area (Å²) in [6.07, 6.45) is 3.79. The van der Waals surface area contributed by atoms with Gasteiger partial charge in [0, 0.05) is 19.2 Å². The van der Waals surface area contributed by atoms with E-state index in [2.05, 4.69) is 0 Å². The van der Waals surface area contributed by atoms with Crippen molar-refractivity contribution >= 4 is 18.0 Å². The zero-order valence-electron chi connectivity index (χ0n) is 9.95. The molecule has 0 aromatic heterocycles. The largest absolute Gasteiger partial charge is 0.481 e. The molecule has 1 aliphatic heterocycles. The highest BCUT2D eigenvalue weighted by Crippen LogP contribution is 2.16. The number of benzene rings is 1. The Morgan fingerprint density at radius 3 is 2.61 bits per heavy atom. The number of hydrogen-bond acceptors (Lipinski definition) is 2. The van der Waals surface area contributed by atoms with Crippen molar-refractivity contribution in [3.8, 4) is 0 Å². The van der Waals surface area contributed by atoms with Gasteiger partial charge < -0.3 is 10.0 Å². The Morgan fingerprint density at radius 2 is 2.00 bits per heavy atom. The Kier molecular flexibility index (Phi) is 3.77. The quantitative estimate of drug-likeness (QED) is 0.823. The van der Waals surface area contributed by atoms with Gasteiger partial charge >= 0.3 is 5.97 Å².